The van der Waals surface area contributed by atoms with Crippen LogP contribution in [0.2, 0.25) is 5.02 Å². The number of thioether (sulfide) groups is 1. The number of carbonyl (C=O) groups is 2. The predicted molar refractivity (Wildman–Crippen MR) is 105 cm³/mol. The van der Waals surface area contributed by atoms with Crippen LogP contribution in [0.25, 0.3) is 0 Å². The highest BCUT2D eigenvalue weighted by Crippen LogP contribution is 2.13. The number of hydrogen-bond acceptors (Lipinski definition) is 3. The molecular formula is C19H21ClN2O2S. The first-order chi connectivity index (χ1) is 11.9. The zero-order chi connectivity index (χ0) is 18.2. The van der Waals surface area contributed by atoms with Gasteiger partial charge in [-0.1, -0.05) is 41.4 Å². The smallest absolute Gasteiger partial charge is 0.234 e. The van der Waals surface area contributed by atoms with Crippen LogP contribution in [0.15, 0.2) is 48.5 Å². The predicted octanol–water partition coefficient (Wildman–Crippen LogP) is 3.98. The summed E-state index contributed by atoms with van der Waals surface area (Å²) in [6.07, 6.45) is 0. The third-order valence-corrected chi connectivity index (χ3v) is 4.72. The second-order valence-electron chi connectivity index (χ2n) is 5.78. The van der Waals surface area contributed by atoms with Crippen LogP contribution in [0.5, 0.6) is 0 Å². The minimum Gasteiger partial charge on any atom is -0.341 e. The van der Waals surface area contributed by atoms with Crippen molar-refractivity contribution in [3.8, 4) is 0 Å². The Balaban J connectivity index is 1.71. The lowest BCUT2D eigenvalue weighted by Crippen LogP contribution is -2.28. The molecule has 0 radical (unpaired) electrons. The Bertz CT molecular complexity index is 717. The largest absolute Gasteiger partial charge is 0.341 e. The number of amides is 2. The van der Waals surface area contributed by atoms with Gasteiger partial charge >= 0.3 is 0 Å². The Labute approximate surface area is 157 Å². The van der Waals surface area contributed by atoms with Gasteiger partial charge < -0.3 is 10.2 Å². The van der Waals surface area contributed by atoms with Crippen molar-refractivity contribution < 1.29 is 9.59 Å². The molecule has 25 heavy (non-hydrogen) atoms. The molecule has 0 aliphatic rings. The van der Waals surface area contributed by atoms with Gasteiger partial charge in [0.2, 0.25) is 11.8 Å². The molecule has 0 saturated carbocycles. The molecule has 2 rings (SSSR count). The minimum absolute atomic E-state index is 0.0110. The van der Waals surface area contributed by atoms with E-state index < -0.39 is 0 Å². The molecule has 0 atom stereocenters. The molecule has 0 unspecified atom stereocenters. The summed E-state index contributed by atoms with van der Waals surface area (Å²) in [7, 11) is 1.75. The number of benzene rings is 2. The molecule has 132 valence electrons. The highest BCUT2D eigenvalue weighted by atomic mass is 35.5. The van der Waals surface area contributed by atoms with Crippen molar-refractivity contribution in [2.24, 2.45) is 0 Å². The summed E-state index contributed by atoms with van der Waals surface area (Å²) >= 11 is 7.16. The fraction of sp³-hybridized carbons (Fsp3) is 0.263. The lowest BCUT2D eigenvalue weighted by Gasteiger charge is -2.17. The first kappa shape index (κ1) is 19.3. The molecule has 2 aromatic carbocycles. The van der Waals surface area contributed by atoms with E-state index in [1.165, 1.54) is 11.8 Å². The maximum Gasteiger partial charge on any atom is 0.234 e. The van der Waals surface area contributed by atoms with Gasteiger partial charge in [-0.15, -0.1) is 11.8 Å². The number of aryl methyl sites for hydroxylation is 1. The third kappa shape index (κ3) is 6.80. The second-order valence-corrected chi connectivity index (χ2v) is 7.21. The average molecular weight is 377 g/mol. The minimum atomic E-state index is -0.109. The van der Waals surface area contributed by atoms with Crippen molar-refractivity contribution in [2.45, 2.75) is 13.5 Å². The summed E-state index contributed by atoms with van der Waals surface area (Å²) in [6.45, 7) is 2.51. The van der Waals surface area contributed by atoms with Gasteiger partial charge in [-0.3, -0.25) is 9.59 Å². The summed E-state index contributed by atoms with van der Waals surface area (Å²) in [5, 5.41) is 3.49. The number of hydrogen-bond donors (Lipinski definition) is 1. The highest BCUT2D eigenvalue weighted by molar-refractivity contribution is 8.00. The molecule has 0 aliphatic carbocycles. The molecule has 0 heterocycles. The topological polar surface area (TPSA) is 49.4 Å². The molecule has 2 amide bonds. The molecule has 0 bridgehead atoms. The first-order valence-corrected chi connectivity index (χ1v) is 9.40. The van der Waals surface area contributed by atoms with Gasteiger partial charge in [0.15, 0.2) is 0 Å². The van der Waals surface area contributed by atoms with Crippen LogP contribution in [0.4, 0.5) is 5.69 Å². The Morgan fingerprint density at radius 1 is 1.04 bits per heavy atom. The zero-order valence-electron chi connectivity index (χ0n) is 14.3. The SMILES string of the molecule is Cc1ccc(NC(=O)CSCC(=O)N(C)Cc2ccc(Cl)cc2)cc1. The number of halogens is 1. The lowest BCUT2D eigenvalue weighted by atomic mass is 10.2. The molecule has 0 fully saturated rings. The van der Waals surface area contributed by atoms with Crippen LogP contribution in [0, 0.1) is 6.92 Å². The van der Waals surface area contributed by atoms with Gasteiger partial charge in [0.05, 0.1) is 11.5 Å². The Kier molecular flexibility index (Phi) is 7.34. The number of nitrogens with one attached hydrogen (secondary N) is 1. The van der Waals surface area contributed by atoms with E-state index in [0.717, 1.165) is 16.8 Å². The maximum absolute atomic E-state index is 12.1. The quantitative estimate of drug-likeness (QED) is 0.795. The van der Waals surface area contributed by atoms with Gasteiger partial charge in [-0.2, -0.15) is 0 Å². The van der Waals surface area contributed by atoms with E-state index in [-0.39, 0.29) is 23.3 Å². The van der Waals surface area contributed by atoms with E-state index in [1.807, 2.05) is 43.3 Å². The highest BCUT2D eigenvalue weighted by Gasteiger charge is 2.11. The van der Waals surface area contributed by atoms with E-state index in [0.29, 0.717) is 11.6 Å². The van der Waals surface area contributed by atoms with Crippen LogP contribution in [-0.4, -0.2) is 35.3 Å². The molecule has 0 aliphatic heterocycles. The van der Waals surface area contributed by atoms with Crippen molar-refractivity contribution >= 4 is 40.9 Å². The van der Waals surface area contributed by atoms with Gasteiger partial charge in [-0.05, 0) is 36.8 Å². The molecule has 0 saturated heterocycles. The Morgan fingerprint density at radius 3 is 2.32 bits per heavy atom. The van der Waals surface area contributed by atoms with E-state index in [4.69, 9.17) is 11.6 Å². The van der Waals surface area contributed by atoms with Crippen molar-refractivity contribution in [1.29, 1.82) is 0 Å². The van der Waals surface area contributed by atoms with Crippen molar-refractivity contribution in [3.63, 3.8) is 0 Å². The number of nitrogens with zero attached hydrogens (tertiary/aromatic N) is 1. The first-order valence-electron chi connectivity index (χ1n) is 7.87. The van der Waals surface area contributed by atoms with Crippen LogP contribution >= 0.6 is 23.4 Å². The Hall–Kier alpha value is -1.98. The fourth-order valence-corrected chi connectivity index (χ4v) is 3.01. The van der Waals surface area contributed by atoms with E-state index >= 15 is 0 Å². The zero-order valence-corrected chi connectivity index (χ0v) is 15.9. The normalized spacial score (nSPS) is 10.4. The summed E-state index contributed by atoms with van der Waals surface area (Å²) in [6, 6.07) is 15.0. The van der Waals surface area contributed by atoms with Gasteiger partial charge in [0, 0.05) is 24.3 Å². The van der Waals surface area contributed by atoms with E-state index in [2.05, 4.69) is 5.32 Å². The molecule has 2 aromatic rings. The third-order valence-electron chi connectivity index (χ3n) is 3.55. The summed E-state index contributed by atoms with van der Waals surface area (Å²) in [5.74, 6) is 0.393. The van der Waals surface area contributed by atoms with E-state index in [9.17, 15) is 9.59 Å². The molecule has 6 heteroatoms. The van der Waals surface area contributed by atoms with E-state index in [1.54, 1.807) is 24.1 Å². The Morgan fingerprint density at radius 2 is 1.68 bits per heavy atom. The lowest BCUT2D eigenvalue weighted by molar-refractivity contribution is -0.127. The maximum atomic E-state index is 12.1. The summed E-state index contributed by atoms with van der Waals surface area (Å²) in [5.41, 5.74) is 2.92. The van der Waals surface area contributed by atoms with Gasteiger partial charge in [-0.25, -0.2) is 0 Å². The molecule has 4 nitrogen and oxygen atoms in total. The van der Waals surface area contributed by atoms with Crippen LogP contribution < -0.4 is 5.32 Å². The van der Waals surface area contributed by atoms with Gasteiger partial charge in [0.25, 0.3) is 0 Å². The van der Waals surface area contributed by atoms with Crippen LogP contribution in [0.3, 0.4) is 0 Å². The number of anilines is 1. The average Bonchev–Trinajstić information content (AvgIpc) is 2.59. The number of rotatable bonds is 7. The summed E-state index contributed by atoms with van der Waals surface area (Å²) in [4.78, 5) is 25.7. The standard InChI is InChI=1S/C19H21ClN2O2S/c1-14-3-9-17(10-4-14)21-18(23)12-25-13-19(24)22(2)11-15-5-7-16(20)8-6-15/h3-10H,11-13H2,1-2H3,(H,21,23). The van der Waals surface area contributed by atoms with Crippen LogP contribution in [-0.2, 0) is 16.1 Å². The molecule has 1 N–H and O–H groups in total. The van der Waals surface area contributed by atoms with Crippen molar-refractivity contribution in [3.05, 3.63) is 64.7 Å². The summed E-state index contributed by atoms with van der Waals surface area (Å²) < 4.78 is 0. The fourth-order valence-electron chi connectivity index (χ4n) is 2.13. The monoisotopic (exact) mass is 376 g/mol. The molecule has 0 spiro atoms. The van der Waals surface area contributed by atoms with Gasteiger partial charge in [0.1, 0.15) is 0 Å². The molecule has 0 aromatic heterocycles. The van der Waals surface area contributed by atoms with Crippen molar-refractivity contribution in [2.75, 3.05) is 23.9 Å². The van der Waals surface area contributed by atoms with Crippen molar-refractivity contribution in [1.82, 2.24) is 4.90 Å². The van der Waals surface area contributed by atoms with Crippen LogP contribution in [0.1, 0.15) is 11.1 Å². The molecular weight excluding hydrogens is 356 g/mol. The second kappa shape index (κ2) is 9.49. The number of carbonyl (C=O) groups excluding carboxylic acids is 2.